The molecule has 0 aliphatic heterocycles. The Bertz CT molecular complexity index is 888. The number of Topliss-reactive ketones (excluding diaryl/α,β-unsaturated/α-hetero) is 1. The van der Waals surface area contributed by atoms with E-state index in [-0.39, 0.29) is 15.9 Å². The summed E-state index contributed by atoms with van der Waals surface area (Å²) in [7, 11) is 0. The normalized spacial score (nSPS) is 13.7. The molecular formula is C16H15F2NO2S. The molecule has 0 radical (unpaired) electrons. The molecule has 1 aromatic heterocycles. The van der Waals surface area contributed by atoms with Crippen molar-refractivity contribution in [3.05, 3.63) is 54.9 Å². The number of rotatable bonds is 2. The van der Waals surface area contributed by atoms with Gasteiger partial charge in [0.05, 0.1) is 9.20 Å². The molecule has 0 saturated carbocycles. The Balaban J connectivity index is 2.54. The zero-order valence-electron chi connectivity index (χ0n) is 12.4. The number of nitrogens with one attached hydrogen (secondary N) is 1. The molecule has 1 heterocycles. The topological polar surface area (TPSA) is 49.9 Å². The quantitative estimate of drug-likeness (QED) is 0.918. The van der Waals surface area contributed by atoms with Gasteiger partial charge in [0.2, 0.25) is 0 Å². The van der Waals surface area contributed by atoms with E-state index in [0.29, 0.717) is 4.66 Å². The van der Waals surface area contributed by atoms with Crippen molar-refractivity contribution in [1.29, 1.82) is 0 Å². The average Bonchev–Trinajstić information content (AvgIpc) is 2.73. The van der Waals surface area contributed by atoms with Crippen LogP contribution < -0.4 is 14.8 Å². The van der Waals surface area contributed by atoms with Crippen molar-refractivity contribution in [2.24, 2.45) is 5.41 Å². The highest BCUT2D eigenvalue weighted by molar-refractivity contribution is 7.07. The van der Waals surface area contributed by atoms with E-state index in [1.165, 1.54) is 12.2 Å². The van der Waals surface area contributed by atoms with Crippen molar-refractivity contribution < 1.29 is 13.6 Å². The number of halogens is 2. The molecule has 0 amide bonds. The summed E-state index contributed by atoms with van der Waals surface area (Å²) in [5.74, 6) is -1.34. The van der Waals surface area contributed by atoms with Crippen molar-refractivity contribution in [2.45, 2.75) is 20.8 Å². The fraction of sp³-hybridized carbons (Fsp3) is 0.250. The molecule has 0 aliphatic rings. The summed E-state index contributed by atoms with van der Waals surface area (Å²) in [6.45, 7) is 5.31. The van der Waals surface area contributed by atoms with E-state index >= 15 is 0 Å². The summed E-state index contributed by atoms with van der Waals surface area (Å²) in [5, 5.41) is 0. The Labute approximate surface area is 129 Å². The van der Waals surface area contributed by atoms with E-state index in [4.69, 9.17) is 0 Å². The zero-order valence-corrected chi connectivity index (χ0v) is 13.2. The van der Waals surface area contributed by atoms with Crippen LogP contribution in [0.25, 0.3) is 12.2 Å². The van der Waals surface area contributed by atoms with Gasteiger partial charge in [-0.15, -0.1) is 11.3 Å². The summed E-state index contributed by atoms with van der Waals surface area (Å²) in [6, 6.07) is 3.02. The van der Waals surface area contributed by atoms with E-state index in [1.54, 1.807) is 20.8 Å². The average molecular weight is 323 g/mol. The number of thiazole rings is 1. The maximum atomic E-state index is 13.6. The van der Waals surface area contributed by atoms with Crippen LogP contribution in [0, 0.1) is 17.0 Å². The summed E-state index contributed by atoms with van der Waals surface area (Å²) in [6.07, 6.45) is 2.62. The highest BCUT2D eigenvalue weighted by atomic mass is 32.1. The third-order valence-electron chi connectivity index (χ3n) is 2.93. The van der Waals surface area contributed by atoms with Crippen molar-refractivity contribution in [1.82, 2.24) is 4.98 Å². The molecule has 0 fully saturated rings. The molecule has 0 unspecified atom stereocenters. The van der Waals surface area contributed by atoms with Crippen LogP contribution in [0.1, 0.15) is 26.3 Å². The fourth-order valence-electron chi connectivity index (χ4n) is 1.63. The Morgan fingerprint density at radius 2 is 1.95 bits per heavy atom. The third-order valence-corrected chi connectivity index (χ3v) is 3.89. The van der Waals surface area contributed by atoms with Gasteiger partial charge in [-0.1, -0.05) is 20.8 Å². The molecule has 2 aromatic rings. The maximum Gasteiger partial charge on any atom is 0.266 e. The molecule has 6 heteroatoms. The van der Waals surface area contributed by atoms with Gasteiger partial charge in [0.25, 0.3) is 5.56 Å². The molecule has 2 rings (SSSR count). The van der Waals surface area contributed by atoms with E-state index in [9.17, 15) is 18.4 Å². The van der Waals surface area contributed by atoms with Gasteiger partial charge in [-0.2, -0.15) is 0 Å². The monoisotopic (exact) mass is 323 g/mol. The predicted molar refractivity (Wildman–Crippen MR) is 83.0 cm³/mol. The van der Waals surface area contributed by atoms with Crippen molar-refractivity contribution >= 4 is 29.3 Å². The number of ketones is 1. The van der Waals surface area contributed by atoms with E-state index in [1.807, 2.05) is 0 Å². The molecule has 22 heavy (non-hydrogen) atoms. The first-order valence-electron chi connectivity index (χ1n) is 6.59. The Hall–Kier alpha value is -2.08. The van der Waals surface area contributed by atoms with Gasteiger partial charge in [-0.3, -0.25) is 9.59 Å². The molecule has 3 nitrogen and oxygen atoms in total. The largest absolute Gasteiger partial charge is 0.313 e. The number of aromatic amines is 1. The molecular weight excluding hydrogens is 308 g/mol. The van der Waals surface area contributed by atoms with Gasteiger partial charge in [-0.25, -0.2) is 8.78 Å². The minimum Gasteiger partial charge on any atom is -0.313 e. The van der Waals surface area contributed by atoms with Crippen molar-refractivity contribution in [2.75, 3.05) is 0 Å². The predicted octanol–water partition coefficient (Wildman–Crippen LogP) is 1.94. The number of carbonyl (C=O) groups excluding carboxylic acids is 1. The van der Waals surface area contributed by atoms with Crippen molar-refractivity contribution in [3.63, 3.8) is 0 Å². The first kappa shape index (κ1) is 16.3. The first-order valence-corrected chi connectivity index (χ1v) is 7.40. The lowest BCUT2D eigenvalue weighted by Crippen LogP contribution is -2.22. The molecule has 116 valence electrons. The standard InChI is InChI=1S/C16H15F2NO2S/c1-16(2,3)13(20)8-14-19-15(21)12(22-14)7-9-6-10(17)4-5-11(9)18/h4-8H,1-3H3,(H,19,21)/b12-7-,14-8-. The number of H-pyrrole nitrogens is 1. The number of hydrogen-bond donors (Lipinski definition) is 1. The molecule has 0 bridgehead atoms. The molecule has 0 atom stereocenters. The highest BCUT2D eigenvalue weighted by Crippen LogP contribution is 2.14. The third kappa shape index (κ3) is 3.76. The second-order valence-electron chi connectivity index (χ2n) is 5.85. The van der Waals surface area contributed by atoms with Crippen LogP contribution in [0.5, 0.6) is 0 Å². The molecule has 0 aliphatic carbocycles. The van der Waals surface area contributed by atoms with Gasteiger partial charge in [0.15, 0.2) is 5.78 Å². The Morgan fingerprint density at radius 1 is 1.27 bits per heavy atom. The molecule has 1 aromatic carbocycles. The number of aromatic nitrogens is 1. The highest BCUT2D eigenvalue weighted by Gasteiger charge is 2.18. The van der Waals surface area contributed by atoms with Crippen LogP contribution in [-0.4, -0.2) is 10.8 Å². The number of benzene rings is 1. The van der Waals surface area contributed by atoms with Crippen molar-refractivity contribution in [3.8, 4) is 0 Å². The fourth-order valence-corrected chi connectivity index (χ4v) is 2.50. The maximum absolute atomic E-state index is 13.6. The second-order valence-corrected chi connectivity index (χ2v) is 6.94. The summed E-state index contributed by atoms with van der Waals surface area (Å²) in [4.78, 5) is 26.3. The van der Waals surface area contributed by atoms with Gasteiger partial charge >= 0.3 is 0 Å². The first-order chi connectivity index (χ1) is 10.2. The summed E-state index contributed by atoms with van der Waals surface area (Å²) in [5.41, 5.74) is -1.01. The Morgan fingerprint density at radius 3 is 2.59 bits per heavy atom. The van der Waals surface area contributed by atoms with Gasteiger partial charge in [-0.05, 0) is 24.3 Å². The molecule has 1 N–H and O–H groups in total. The minimum atomic E-state index is -0.620. The van der Waals surface area contributed by atoms with E-state index < -0.39 is 22.6 Å². The second kappa shape index (κ2) is 5.96. The lowest BCUT2D eigenvalue weighted by atomic mass is 9.91. The number of carbonyl (C=O) groups is 1. The SMILES string of the molecule is CC(C)(C)C(=O)/C=c1/[nH]c(=O)/c(=C/c2cc(F)ccc2F)s1. The van der Waals surface area contributed by atoms with Crippen LogP contribution >= 0.6 is 11.3 Å². The summed E-state index contributed by atoms with van der Waals surface area (Å²) < 4.78 is 27.3. The number of hydrogen-bond acceptors (Lipinski definition) is 3. The van der Waals surface area contributed by atoms with Crippen LogP contribution in [0.15, 0.2) is 23.0 Å². The lowest BCUT2D eigenvalue weighted by Gasteiger charge is -2.12. The van der Waals surface area contributed by atoms with Gasteiger partial charge in [0.1, 0.15) is 11.6 Å². The van der Waals surface area contributed by atoms with Crippen LogP contribution in [-0.2, 0) is 4.79 Å². The zero-order chi connectivity index (χ0) is 16.5. The van der Waals surface area contributed by atoms with Crippen LogP contribution in [0.3, 0.4) is 0 Å². The van der Waals surface area contributed by atoms with Gasteiger partial charge in [0, 0.05) is 17.1 Å². The minimum absolute atomic E-state index is 0.0129. The Kier molecular flexibility index (Phi) is 4.42. The molecule has 0 spiro atoms. The lowest BCUT2D eigenvalue weighted by molar-refractivity contribution is -0.119. The van der Waals surface area contributed by atoms with E-state index in [0.717, 1.165) is 29.5 Å². The van der Waals surface area contributed by atoms with E-state index in [2.05, 4.69) is 4.98 Å². The summed E-state index contributed by atoms with van der Waals surface area (Å²) >= 11 is 1.02. The molecule has 0 saturated heterocycles. The smallest absolute Gasteiger partial charge is 0.266 e. The van der Waals surface area contributed by atoms with Gasteiger partial charge < -0.3 is 4.98 Å². The van der Waals surface area contributed by atoms with Crippen LogP contribution in [0.4, 0.5) is 8.78 Å². The van der Waals surface area contributed by atoms with Crippen LogP contribution in [0.2, 0.25) is 0 Å².